The Morgan fingerprint density at radius 2 is 2.03 bits per heavy atom. The van der Waals surface area contributed by atoms with Crippen molar-refractivity contribution in [3.63, 3.8) is 0 Å². The number of carbonyl (C=O) groups is 1. The minimum atomic E-state index is -0.147. The molecule has 1 aromatic carbocycles. The number of carbonyl (C=O) groups excluding carboxylic acids is 1. The van der Waals surface area contributed by atoms with E-state index in [1.807, 2.05) is 49.6 Å². The van der Waals surface area contributed by atoms with Gasteiger partial charge in [0.15, 0.2) is 5.65 Å². The fourth-order valence-corrected chi connectivity index (χ4v) is 3.18. The van der Waals surface area contributed by atoms with Gasteiger partial charge in [0.1, 0.15) is 17.2 Å². The highest BCUT2D eigenvalue weighted by molar-refractivity contribution is 6.00. The lowest BCUT2D eigenvalue weighted by molar-refractivity contribution is 0.0952. The van der Waals surface area contributed by atoms with Gasteiger partial charge in [0.25, 0.3) is 5.91 Å². The SMILES string of the molecule is CNc1cc(Nc2ccccc2-n2cccn2)nc2c(C(=O)NC3CC3)cnn12. The van der Waals surface area contributed by atoms with E-state index in [1.165, 1.54) is 0 Å². The van der Waals surface area contributed by atoms with Gasteiger partial charge < -0.3 is 16.0 Å². The molecule has 29 heavy (non-hydrogen) atoms. The van der Waals surface area contributed by atoms with Gasteiger partial charge in [-0.25, -0.2) is 9.67 Å². The molecule has 3 heterocycles. The van der Waals surface area contributed by atoms with E-state index in [9.17, 15) is 4.79 Å². The maximum atomic E-state index is 12.6. The fraction of sp³-hybridized carbons (Fsp3) is 0.200. The molecule has 1 saturated carbocycles. The molecule has 4 aromatic rings. The number of aromatic nitrogens is 5. The molecular weight excluding hydrogens is 368 g/mol. The van der Waals surface area contributed by atoms with Crippen LogP contribution in [0.4, 0.5) is 17.3 Å². The van der Waals surface area contributed by atoms with Crippen molar-refractivity contribution < 1.29 is 4.79 Å². The Bertz CT molecular complexity index is 1180. The summed E-state index contributed by atoms with van der Waals surface area (Å²) in [6.45, 7) is 0. The standard InChI is InChI=1S/C20H20N8O/c1-21-18-11-17(25-15-5-2-3-6-16(15)27-10-4-9-22-27)26-19-14(12-23-28(18)19)20(29)24-13-7-8-13/h2-6,9-13,21H,7-8H2,1H3,(H,24,29)(H,25,26). The van der Waals surface area contributed by atoms with Crippen LogP contribution in [0.5, 0.6) is 0 Å². The van der Waals surface area contributed by atoms with Crippen molar-refractivity contribution in [1.29, 1.82) is 0 Å². The molecule has 0 atom stereocenters. The van der Waals surface area contributed by atoms with Gasteiger partial charge in [-0.05, 0) is 31.0 Å². The van der Waals surface area contributed by atoms with Crippen molar-refractivity contribution in [2.45, 2.75) is 18.9 Å². The summed E-state index contributed by atoms with van der Waals surface area (Å²) >= 11 is 0. The molecule has 0 aliphatic heterocycles. The van der Waals surface area contributed by atoms with Gasteiger partial charge in [-0.2, -0.15) is 14.7 Å². The zero-order valence-corrected chi connectivity index (χ0v) is 15.8. The van der Waals surface area contributed by atoms with Gasteiger partial charge in [-0.15, -0.1) is 0 Å². The topological polar surface area (TPSA) is 101 Å². The van der Waals surface area contributed by atoms with Crippen LogP contribution in [-0.4, -0.2) is 43.4 Å². The van der Waals surface area contributed by atoms with E-state index < -0.39 is 0 Å². The average molecular weight is 388 g/mol. The molecule has 0 spiro atoms. The molecule has 3 aromatic heterocycles. The number of fused-ring (bicyclic) bond motifs is 1. The van der Waals surface area contributed by atoms with E-state index in [-0.39, 0.29) is 11.9 Å². The summed E-state index contributed by atoms with van der Waals surface area (Å²) in [5.74, 6) is 1.17. The van der Waals surface area contributed by atoms with Gasteiger partial charge >= 0.3 is 0 Å². The number of amides is 1. The van der Waals surface area contributed by atoms with Gasteiger partial charge in [-0.1, -0.05) is 12.1 Å². The summed E-state index contributed by atoms with van der Waals surface area (Å²) in [5.41, 5.74) is 2.69. The van der Waals surface area contributed by atoms with Gasteiger partial charge in [-0.3, -0.25) is 4.79 Å². The van der Waals surface area contributed by atoms with E-state index in [0.717, 1.165) is 30.0 Å². The Morgan fingerprint density at radius 3 is 2.79 bits per heavy atom. The molecule has 0 saturated heterocycles. The van der Waals surface area contributed by atoms with Crippen LogP contribution in [0.3, 0.4) is 0 Å². The molecule has 5 rings (SSSR count). The van der Waals surface area contributed by atoms with Crippen molar-refractivity contribution >= 4 is 28.9 Å². The van der Waals surface area contributed by atoms with Crippen molar-refractivity contribution in [3.8, 4) is 5.69 Å². The van der Waals surface area contributed by atoms with Crippen LogP contribution in [0.2, 0.25) is 0 Å². The highest BCUT2D eigenvalue weighted by Crippen LogP contribution is 2.26. The lowest BCUT2D eigenvalue weighted by Gasteiger charge is -2.13. The lowest BCUT2D eigenvalue weighted by Crippen LogP contribution is -2.25. The highest BCUT2D eigenvalue weighted by Gasteiger charge is 2.26. The van der Waals surface area contributed by atoms with Crippen molar-refractivity contribution in [2.75, 3.05) is 17.7 Å². The minimum Gasteiger partial charge on any atom is -0.373 e. The lowest BCUT2D eigenvalue weighted by atomic mass is 10.2. The van der Waals surface area contributed by atoms with Crippen molar-refractivity contribution in [2.24, 2.45) is 0 Å². The molecule has 0 bridgehead atoms. The first-order valence-corrected chi connectivity index (χ1v) is 9.46. The summed E-state index contributed by atoms with van der Waals surface area (Å²) in [4.78, 5) is 17.3. The third kappa shape index (κ3) is 3.27. The first kappa shape index (κ1) is 17.2. The largest absolute Gasteiger partial charge is 0.373 e. The molecule has 1 fully saturated rings. The predicted molar refractivity (Wildman–Crippen MR) is 110 cm³/mol. The smallest absolute Gasteiger partial charge is 0.256 e. The Hall–Kier alpha value is -3.88. The van der Waals surface area contributed by atoms with Gasteiger partial charge in [0.2, 0.25) is 0 Å². The van der Waals surface area contributed by atoms with E-state index in [0.29, 0.717) is 17.0 Å². The predicted octanol–water partition coefficient (Wildman–Crippen LogP) is 2.59. The van der Waals surface area contributed by atoms with E-state index in [2.05, 4.69) is 31.1 Å². The first-order chi connectivity index (χ1) is 14.2. The molecule has 3 N–H and O–H groups in total. The Morgan fingerprint density at radius 1 is 1.17 bits per heavy atom. The molecular formula is C20H20N8O. The van der Waals surface area contributed by atoms with Crippen molar-refractivity contribution in [3.05, 3.63) is 60.6 Å². The Labute approximate surface area is 166 Å². The number of benzene rings is 1. The second kappa shape index (κ2) is 6.93. The first-order valence-electron chi connectivity index (χ1n) is 9.46. The number of nitrogens with one attached hydrogen (secondary N) is 3. The second-order valence-corrected chi connectivity index (χ2v) is 6.91. The number of anilines is 3. The van der Waals surface area contributed by atoms with Crippen molar-refractivity contribution in [1.82, 2.24) is 29.7 Å². The molecule has 0 unspecified atom stereocenters. The average Bonchev–Trinajstić information content (AvgIpc) is 3.20. The van der Waals surface area contributed by atoms with Crippen LogP contribution in [0, 0.1) is 0 Å². The van der Waals surface area contributed by atoms with E-state index in [1.54, 1.807) is 21.6 Å². The molecule has 9 heteroatoms. The maximum Gasteiger partial charge on any atom is 0.256 e. The minimum absolute atomic E-state index is 0.147. The zero-order valence-electron chi connectivity index (χ0n) is 15.8. The van der Waals surface area contributed by atoms with Crippen LogP contribution in [0.1, 0.15) is 23.2 Å². The molecule has 1 amide bonds. The maximum absolute atomic E-state index is 12.6. The Balaban J connectivity index is 1.55. The zero-order chi connectivity index (χ0) is 19.8. The van der Waals surface area contributed by atoms with E-state index in [4.69, 9.17) is 0 Å². The number of nitrogens with zero attached hydrogens (tertiary/aromatic N) is 5. The van der Waals surface area contributed by atoms with Gasteiger partial charge in [0.05, 0.1) is 17.6 Å². The molecule has 9 nitrogen and oxygen atoms in total. The second-order valence-electron chi connectivity index (χ2n) is 6.91. The summed E-state index contributed by atoms with van der Waals surface area (Å²) in [6, 6.07) is 11.8. The number of rotatable bonds is 6. The quantitative estimate of drug-likeness (QED) is 0.469. The number of hydrogen-bond donors (Lipinski definition) is 3. The normalized spacial score (nSPS) is 13.4. The third-order valence-electron chi connectivity index (χ3n) is 4.80. The highest BCUT2D eigenvalue weighted by atomic mass is 16.1. The molecule has 0 radical (unpaired) electrons. The fourth-order valence-electron chi connectivity index (χ4n) is 3.18. The van der Waals surface area contributed by atoms with Crippen LogP contribution in [0.25, 0.3) is 11.3 Å². The summed E-state index contributed by atoms with van der Waals surface area (Å²) in [6.07, 6.45) is 7.22. The van der Waals surface area contributed by atoms with Crippen LogP contribution in [-0.2, 0) is 0 Å². The number of para-hydroxylation sites is 2. The summed E-state index contributed by atoms with van der Waals surface area (Å²) in [7, 11) is 1.81. The van der Waals surface area contributed by atoms with Gasteiger partial charge in [0, 0.05) is 31.5 Å². The molecule has 146 valence electrons. The number of hydrogen-bond acceptors (Lipinski definition) is 6. The third-order valence-corrected chi connectivity index (χ3v) is 4.80. The summed E-state index contributed by atoms with van der Waals surface area (Å²) in [5, 5.41) is 18.1. The molecule has 1 aliphatic carbocycles. The summed E-state index contributed by atoms with van der Waals surface area (Å²) < 4.78 is 3.42. The van der Waals surface area contributed by atoms with Crippen LogP contribution >= 0.6 is 0 Å². The van der Waals surface area contributed by atoms with Crippen LogP contribution in [0.15, 0.2) is 55.0 Å². The Kier molecular flexibility index (Phi) is 4.12. The van der Waals surface area contributed by atoms with E-state index >= 15 is 0 Å². The molecule has 1 aliphatic rings. The van der Waals surface area contributed by atoms with Crippen LogP contribution < -0.4 is 16.0 Å². The monoisotopic (exact) mass is 388 g/mol.